The highest BCUT2D eigenvalue weighted by atomic mass is 19.1. The van der Waals surface area contributed by atoms with Gasteiger partial charge in [-0.3, -0.25) is 4.79 Å². The molecule has 0 bridgehead atoms. The molecule has 28 heavy (non-hydrogen) atoms. The Morgan fingerprint density at radius 1 is 0.893 bits per heavy atom. The minimum absolute atomic E-state index is 0.201. The van der Waals surface area contributed by atoms with Crippen molar-refractivity contribution in [2.75, 3.05) is 23.3 Å². The van der Waals surface area contributed by atoms with E-state index in [9.17, 15) is 9.18 Å². The summed E-state index contributed by atoms with van der Waals surface area (Å²) in [6.45, 7) is 2.15. The molecule has 1 aliphatic rings. The summed E-state index contributed by atoms with van der Waals surface area (Å²) in [5.74, 6) is -0.0451. The first kappa shape index (κ1) is 18.4. The van der Waals surface area contributed by atoms with Crippen molar-refractivity contribution in [3.05, 3.63) is 66.0 Å². The number of rotatable bonds is 3. The van der Waals surface area contributed by atoms with Crippen LogP contribution in [-0.2, 0) is 0 Å². The Morgan fingerprint density at radius 2 is 1.61 bits per heavy atom. The van der Waals surface area contributed by atoms with E-state index in [0.717, 1.165) is 13.1 Å². The molecule has 1 N–H and O–H groups in total. The number of amides is 1. The third-order valence-electron chi connectivity index (χ3n) is 5.24. The van der Waals surface area contributed by atoms with E-state index in [1.807, 2.05) is 24.3 Å². The maximum atomic E-state index is 13.3. The average molecular weight is 377 g/mol. The first-order valence-corrected chi connectivity index (χ1v) is 9.92. The molecular weight excluding hydrogens is 353 g/mol. The summed E-state index contributed by atoms with van der Waals surface area (Å²) in [5.41, 5.74) is 2.41. The van der Waals surface area contributed by atoms with Crippen LogP contribution in [0.5, 0.6) is 0 Å². The monoisotopic (exact) mass is 377 g/mol. The van der Waals surface area contributed by atoms with Gasteiger partial charge in [-0.2, -0.15) is 0 Å². The Hall–Kier alpha value is -2.95. The van der Waals surface area contributed by atoms with Gasteiger partial charge in [-0.25, -0.2) is 9.37 Å². The van der Waals surface area contributed by atoms with E-state index in [2.05, 4.69) is 15.2 Å². The largest absolute Gasteiger partial charge is 0.372 e. The van der Waals surface area contributed by atoms with Crippen molar-refractivity contribution in [3.63, 3.8) is 0 Å². The predicted octanol–water partition coefficient (Wildman–Crippen LogP) is 5.40. The van der Waals surface area contributed by atoms with Crippen molar-refractivity contribution >= 4 is 28.3 Å². The smallest absolute Gasteiger partial charge is 0.256 e. The highest BCUT2D eigenvalue weighted by Crippen LogP contribution is 2.21. The molecule has 1 fully saturated rings. The molecule has 0 spiro atoms. The minimum atomic E-state index is -0.300. The molecule has 0 saturated carbocycles. The molecule has 4 nitrogen and oxygen atoms in total. The first-order valence-electron chi connectivity index (χ1n) is 9.92. The Kier molecular flexibility index (Phi) is 5.51. The number of fused-ring (bicyclic) bond motifs is 1. The van der Waals surface area contributed by atoms with Gasteiger partial charge in [0.25, 0.3) is 5.91 Å². The lowest BCUT2D eigenvalue weighted by Gasteiger charge is -2.27. The van der Waals surface area contributed by atoms with Gasteiger partial charge in [-0.15, -0.1) is 0 Å². The maximum Gasteiger partial charge on any atom is 0.256 e. The third-order valence-corrected chi connectivity index (χ3v) is 5.24. The summed E-state index contributed by atoms with van der Waals surface area (Å²) in [4.78, 5) is 19.4. The lowest BCUT2D eigenvalue weighted by molar-refractivity contribution is 0.102. The van der Waals surface area contributed by atoms with Crippen LogP contribution in [-0.4, -0.2) is 24.0 Å². The van der Waals surface area contributed by atoms with E-state index < -0.39 is 0 Å². The Bertz CT molecular complexity index is 963. The van der Waals surface area contributed by atoms with E-state index in [0.29, 0.717) is 22.3 Å². The first-order chi connectivity index (χ1) is 13.7. The molecule has 2 aromatic carbocycles. The summed E-state index contributed by atoms with van der Waals surface area (Å²) in [6.07, 6.45) is 6.37. The van der Waals surface area contributed by atoms with E-state index in [4.69, 9.17) is 0 Å². The van der Waals surface area contributed by atoms with Crippen molar-refractivity contribution in [1.29, 1.82) is 0 Å². The average Bonchev–Trinajstić information content (AvgIpc) is 2.68. The fourth-order valence-electron chi connectivity index (χ4n) is 3.68. The van der Waals surface area contributed by atoms with Crippen LogP contribution < -0.4 is 10.2 Å². The second-order valence-corrected chi connectivity index (χ2v) is 7.29. The van der Waals surface area contributed by atoms with Crippen LogP contribution >= 0.6 is 0 Å². The molecule has 144 valence electrons. The van der Waals surface area contributed by atoms with E-state index >= 15 is 0 Å². The molecule has 3 aromatic rings. The summed E-state index contributed by atoms with van der Waals surface area (Å²) in [5, 5.41) is 3.53. The molecule has 5 heteroatoms. The zero-order valence-electron chi connectivity index (χ0n) is 15.8. The normalized spacial score (nSPS) is 15.1. The van der Waals surface area contributed by atoms with Gasteiger partial charge in [0.2, 0.25) is 0 Å². The molecule has 4 rings (SSSR count). The topological polar surface area (TPSA) is 45.2 Å². The van der Waals surface area contributed by atoms with Crippen LogP contribution in [0.2, 0.25) is 0 Å². The summed E-state index contributed by atoms with van der Waals surface area (Å²) < 4.78 is 13.3. The summed E-state index contributed by atoms with van der Waals surface area (Å²) in [7, 11) is 0. The van der Waals surface area contributed by atoms with E-state index in [1.165, 1.54) is 49.9 Å². The number of benzene rings is 2. The molecule has 1 saturated heterocycles. The van der Waals surface area contributed by atoms with Crippen molar-refractivity contribution in [2.45, 2.75) is 32.1 Å². The molecule has 0 radical (unpaired) electrons. The van der Waals surface area contributed by atoms with Crippen molar-refractivity contribution in [1.82, 2.24) is 4.98 Å². The van der Waals surface area contributed by atoms with Crippen LogP contribution in [0.4, 0.5) is 15.9 Å². The van der Waals surface area contributed by atoms with Crippen LogP contribution in [0.1, 0.15) is 42.5 Å². The summed E-state index contributed by atoms with van der Waals surface area (Å²) in [6, 6.07) is 15.6. The van der Waals surface area contributed by atoms with Crippen LogP contribution in [0, 0.1) is 5.82 Å². The second kappa shape index (κ2) is 8.38. The number of nitrogens with one attached hydrogen (secondary N) is 1. The predicted molar refractivity (Wildman–Crippen MR) is 111 cm³/mol. The molecule has 1 amide bonds. The van der Waals surface area contributed by atoms with E-state index in [-0.39, 0.29) is 11.7 Å². The standard InChI is InChI=1S/C23H24FN3O/c24-19-9-12-21-18(16-19)8-13-22(25-21)26-23(28)17-6-10-20(11-7-17)27-14-4-2-1-3-5-15-27/h6-13,16H,1-5,14-15H2,(H,25,26,28). The lowest BCUT2D eigenvalue weighted by atomic mass is 10.1. The Balaban J connectivity index is 1.45. The van der Waals surface area contributed by atoms with Gasteiger partial charge in [0.05, 0.1) is 5.52 Å². The number of hydrogen-bond acceptors (Lipinski definition) is 3. The van der Waals surface area contributed by atoms with Gasteiger partial charge in [0, 0.05) is 29.7 Å². The highest BCUT2D eigenvalue weighted by Gasteiger charge is 2.11. The fraction of sp³-hybridized carbons (Fsp3) is 0.304. The third kappa shape index (κ3) is 4.30. The SMILES string of the molecule is O=C(Nc1ccc2cc(F)ccc2n1)c1ccc(N2CCCCCCC2)cc1. The molecule has 0 aliphatic carbocycles. The Labute approximate surface area is 164 Å². The van der Waals surface area contributed by atoms with Gasteiger partial charge in [-0.1, -0.05) is 19.3 Å². The Morgan fingerprint density at radius 3 is 2.36 bits per heavy atom. The van der Waals surface area contributed by atoms with Crippen LogP contribution in [0.15, 0.2) is 54.6 Å². The maximum absolute atomic E-state index is 13.3. The van der Waals surface area contributed by atoms with Gasteiger partial charge in [-0.05, 0) is 67.4 Å². The molecule has 1 aliphatic heterocycles. The number of halogens is 1. The fourth-order valence-corrected chi connectivity index (χ4v) is 3.68. The number of hydrogen-bond donors (Lipinski definition) is 1. The highest BCUT2D eigenvalue weighted by molar-refractivity contribution is 6.04. The van der Waals surface area contributed by atoms with Gasteiger partial charge >= 0.3 is 0 Å². The number of carbonyl (C=O) groups excluding carboxylic acids is 1. The lowest BCUT2D eigenvalue weighted by Crippen LogP contribution is -2.27. The van der Waals surface area contributed by atoms with Gasteiger partial charge < -0.3 is 10.2 Å². The number of aromatic nitrogens is 1. The van der Waals surface area contributed by atoms with Gasteiger partial charge in [0.1, 0.15) is 11.6 Å². The molecule has 0 atom stereocenters. The van der Waals surface area contributed by atoms with Crippen molar-refractivity contribution < 1.29 is 9.18 Å². The number of pyridine rings is 1. The van der Waals surface area contributed by atoms with E-state index in [1.54, 1.807) is 18.2 Å². The molecule has 0 unspecified atom stereocenters. The quantitative estimate of drug-likeness (QED) is 0.665. The second-order valence-electron chi connectivity index (χ2n) is 7.29. The zero-order chi connectivity index (χ0) is 19.3. The summed E-state index contributed by atoms with van der Waals surface area (Å²) >= 11 is 0. The van der Waals surface area contributed by atoms with Crippen molar-refractivity contribution in [3.8, 4) is 0 Å². The molecule has 2 heterocycles. The van der Waals surface area contributed by atoms with Crippen molar-refractivity contribution in [2.24, 2.45) is 0 Å². The number of nitrogens with zero attached hydrogens (tertiary/aromatic N) is 2. The minimum Gasteiger partial charge on any atom is -0.372 e. The number of anilines is 2. The molecular formula is C23H24FN3O. The van der Waals surface area contributed by atoms with Gasteiger partial charge in [0.15, 0.2) is 0 Å². The molecule has 1 aromatic heterocycles. The van der Waals surface area contributed by atoms with Crippen LogP contribution in [0.3, 0.4) is 0 Å². The zero-order valence-corrected chi connectivity index (χ0v) is 15.8. The van der Waals surface area contributed by atoms with Crippen LogP contribution in [0.25, 0.3) is 10.9 Å². The number of carbonyl (C=O) groups is 1.